The highest BCUT2D eigenvalue weighted by molar-refractivity contribution is 7.91. The number of hydrogen-bond donors (Lipinski definition) is 1. The van der Waals surface area contributed by atoms with E-state index in [9.17, 15) is 13.2 Å². The minimum Gasteiger partial charge on any atom is -0.324 e. The fraction of sp³-hybridized carbons (Fsp3) is 0.333. The lowest BCUT2D eigenvalue weighted by Crippen LogP contribution is -2.43. The fourth-order valence-electron chi connectivity index (χ4n) is 2.59. The van der Waals surface area contributed by atoms with Crippen molar-refractivity contribution in [3.05, 3.63) is 42.0 Å². The molecule has 1 atom stereocenters. The van der Waals surface area contributed by atoms with Crippen LogP contribution in [0.25, 0.3) is 0 Å². The van der Waals surface area contributed by atoms with Crippen LogP contribution in [0.3, 0.4) is 0 Å². The molecule has 3 heterocycles. The van der Waals surface area contributed by atoms with Crippen molar-refractivity contribution in [3.8, 4) is 0 Å². The van der Waals surface area contributed by atoms with Crippen LogP contribution >= 0.6 is 11.3 Å². The standard InChI is InChI=1S/C15H17N3O3S2/c19-15(17-13-5-1-7-16-10-13)12-4-2-8-18(11-12)23(20,21)14-6-3-9-22-14/h1,3,5-7,9-10,12H,2,4,8,11H2,(H,17,19)/t12-/m0/s1. The van der Waals surface area contributed by atoms with Gasteiger partial charge in [-0.3, -0.25) is 9.78 Å². The molecular weight excluding hydrogens is 334 g/mol. The van der Waals surface area contributed by atoms with E-state index in [1.54, 1.807) is 42.0 Å². The summed E-state index contributed by atoms with van der Waals surface area (Å²) in [4.78, 5) is 16.3. The van der Waals surface area contributed by atoms with Crippen LogP contribution in [0.2, 0.25) is 0 Å². The lowest BCUT2D eigenvalue weighted by molar-refractivity contribution is -0.120. The van der Waals surface area contributed by atoms with Crippen molar-refractivity contribution in [1.29, 1.82) is 0 Å². The molecule has 3 rings (SSSR count). The number of carbonyl (C=O) groups is 1. The number of carbonyl (C=O) groups excluding carboxylic acids is 1. The molecule has 0 spiro atoms. The summed E-state index contributed by atoms with van der Waals surface area (Å²) in [6, 6.07) is 6.81. The number of amides is 1. The second kappa shape index (κ2) is 6.77. The summed E-state index contributed by atoms with van der Waals surface area (Å²) in [5.74, 6) is -0.511. The van der Waals surface area contributed by atoms with Crippen molar-refractivity contribution >= 4 is 33.0 Å². The van der Waals surface area contributed by atoms with Gasteiger partial charge in [-0.2, -0.15) is 4.31 Å². The number of piperidine rings is 1. The Kier molecular flexibility index (Phi) is 4.74. The number of rotatable bonds is 4. The second-order valence-corrected chi connectivity index (χ2v) is 8.48. The van der Waals surface area contributed by atoms with Gasteiger partial charge in [0.15, 0.2) is 0 Å². The van der Waals surface area contributed by atoms with Crippen molar-refractivity contribution in [1.82, 2.24) is 9.29 Å². The van der Waals surface area contributed by atoms with Crippen molar-refractivity contribution in [2.45, 2.75) is 17.1 Å². The number of nitrogens with one attached hydrogen (secondary N) is 1. The Morgan fingerprint density at radius 3 is 2.91 bits per heavy atom. The molecule has 0 bridgehead atoms. The first-order valence-corrected chi connectivity index (χ1v) is 9.64. The molecule has 0 saturated carbocycles. The Morgan fingerprint density at radius 1 is 1.35 bits per heavy atom. The van der Waals surface area contributed by atoms with E-state index in [0.717, 1.165) is 0 Å². The molecule has 2 aromatic heterocycles. The third-order valence-electron chi connectivity index (χ3n) is 3.77. The van der Waals surface area contributed by atoms with Crippen LogP contribution in [0.1, 0.15) is 12.8 Å². The monoisotopic (exact) mass is 351 g/mol. The Bertz CT molecular complexity index is 761. The number of hydrogen-bond acceptors (Lipinski definition) is 5. The zero-order valence-electron chi connectivity index (χ0n) is 12.4. The molecule has 0 radical (unpaired) electrons. The van der Waals surface area contributed by atoms with Crippen molar-refractivity contribution in [2.24, 2.45) is 5.92 Å². The summed E-state index contributed by atoms with van der Waals surface area (Å²) < 4.78 is 26.9. The van der Waals surface area contributed by atoms with Gasteiger partial charge in [0.2, 0.25) is 5.91 Å². The molecule has 1 fully saturated rings. The first-order valence-electron chi connectivity index (χ1n) is 7.32. The average molecular weight is 351 g/mol. The Hall–Kier alpha value is -1.77. The van der Waals surface area contributed by atoms with Crippen LogP contribution in [-0.4, -0.2) is 36.7 Å². The van der Waals surface area contributed by atoms with Crippen LogP contribution in [0.15, 0.2) is 46.2 Å². The lowest BCUT2D eigenvalue weighted by Gasteiger charge is -2.30. The molecule has 1 N–H and O–H groups in total. The number of sulfonamides is 1. The average Bonchev–Trinajstić information content (AvgIpc) is 3.11. The van der Waals surface area contributed by atoms with E-state index in [4.69, 9.17) is 0 Å². The van der Waals surface area contributed by atoms with E-state index in [1.165, 1.54) is 15.6 Å². The molecule has 0 aromatic carbocycles. The molecule has 6 nitrogen and oxygen atoms in total. The molecular formula is C15H17N3O3S2. The van der Waals surface area contributed by atoms with Gasteiger partial charge in [-0.15, -0.1) is 11.3 Å². The van der Waals surface area contributed by atoms with Gasteiger partial charge in [0, 0.05) is 19.3 Å². The van der Waals surface area contributed by atoms with Crippen molar-refractivity contribution in [3.63, 3.8) is 0 Å². The number of anilines is 1. The highest BCUT2D eigenvalue weighted by atomic mass is 32.2. The van der Waals surface area contributed by atoms with E-state index in [0.29, 0.717) is 29.3 Å². The lowest BCUT2D eigenvalue weighted by atomic mass is 9.99. The van der Waals surface area contributed by atoms with Gasteiger partial charge >= 0.3 is 0 Å². The highest BCUT2D eigenvalue weighted by Gasteiger charge is 2.33. The summed E-state index contributed by atoms with van der Waals surface area (Å²) in [5, 5.41) is 4.54. The summed E-state index contributed by atoms with van der Waals surface area (Å²) in [6.45, 7) is 0.670. The van der Waals surface area contributed by atoms with Gasteiger partial charge in [-0.05, 0) is 36.4 Å². The molecule has 1 aliphatic heterocycles. The van der Waals surface area contributed by atoms with E-state index >= 15 is 0 Å². The molecule has 0 aliphatic carbocycles. The van der Waals surface area contributed by atoms with Crippen LogP contribution in [-0.2, 0) is 14.8 Å². The van der Waals surface area contributed by atoms with Gasteiger partial charge in [0.05, 0.1) is 17.8 Å². The quantitative estimate of drug-likeness (QED) is 0.916. The Labute approximate surface area is 139 Å². The number of nitrogens with zero attached hydrogens (tertiary/aromatic N) is 2. The number of thiophene rings is 1. The van der Waals surface area contributed by atoms with Gasteiger partial charge in [-0.1, -0.05) is 6.07 Å². The van der Waals surface area contributed by atoms with E-state index in [-0.39, 0.29) is 18.4 Å². The number of pyridine rings is 1. The normalized spacial score (nSPS) is 19.4. The highest BCUT2D eigenvalue weighted by Crippen LogP contribution is 2.26. The minimum atomic E-state index is -3.50. The van der Waals surface area contributed by atoms with E-state index in [1.807, 2.05) is 0 Å². The predicted octanol–water partition coefficient (Wildman–Crippen LogP) is 2.18. The SMILES string of the molecule is O=C(Nc1cccnc1)[C@H]1CCCN(S(=O)(=O)c2cccs2)C1. The molecule has 0 unspecified atom stereocenters. The topological polar surface area (TPSA) is 79.4 Å². The molecule has 1 aliphatic rings. The first-order chi connectivity index (χ1) is 11.1. The van der Waals surface area contributed by atoms with Gasteiger partial charge in [-0.25, -0.2) is 8.42 Å². The van der Waals surface area contributed by atoms with Crippen LogP contribution in [0.4, 0.5) is 5.69 Å². The maximum Gasteiger partial charge on any atom is 0.252 e. The maximum absolute atomic E-state index is 12.6. The summed E-state index contributed by atoms with van der Waals surface area (Å²) in [7, 11) is -3.50. The predicted molar refractivity (Wildman–Crippen MR) is 88.7 cm³/mol. The number of aromatic nitrogens is 1. The molecule has 2 aromatic rings. The molecule has 1 amide bonds. The summed E-state index contributed by atoms with van der Waals surface area (Å²) in [5.41, 5.74) is 0.621. The van der Waals surface area contributed by atoms with Crippen LogP contribution in [0, 0.1) is 5.92 Å². The zero-order chi connectivity index (χ0) is 16.3. The largest absolute Gasteiger partial charge is 0.324 e. The van der Waals surface area contributed by atoms with Gasteiger partial charge < -0.3 is 5.32 Å². The second-order valence-electron chi connectivity index (χ2n) is 5.37. The third kappa shape index (κ3) is 3.60. The van der Waals surface area contributed by atoms with E-state index in [2.05, 4.69) is 10.3 Å². The molecule has 1 saturated heterocycles. The maximum atomic E-state index is 12.6. The zero-order valence-corrected chi connectivity index (χ0v) is 14.0. The van der Waals surface area contributed by atoms with Crippen LogP contribution < -0.4 is 5.32 Å². The molecule has 23 heavy (non-hydrogen) atoms. The van der Waals surface area contributed by atoms with Crippen molar-refractivity contribution < 1.29 is 13.2 Å². The summed E-state index contributed by atoms with van der Waals surface area (Å²) in [6.07, 6.45) is 4.56. The first kappa shape index (κ1) is 16.1. The van der Waals surface area contributed by atoms with Gasteiger partial charge in [0.1, 0.15) is 4.21 Å². The van der Waals surface area contributed by atoms with Crippen LogP contribution in [0.5, 0.6) is 0 Å². The smallest absolute Gasteiger partial charge is 0.252 e. The fourth-order valence-corrected chi connectivity index (χ4v) is 5.26. The Morgan fingerprint density at radius 2 is 2.22 bits per heavy atom. The minimum absolute atomic E-state index is 0.163. The Balaban J connectivity index is 1.70. The molecule has 8 heteroatoms. The third-order valence-corrected chi connectivity index (χ3v) is 7.01. The van der Waals surface area contributed by atoms with Gasteiger partial charge in [0.25, 0.3) is 10.0 Å². The van der Waals surface area contributed by atoms with E-state index < -0.39 is 10.0 Å². The summed E-state index contributed by atoms with van der Waals surface area (Å²) >= 11 is 1.20. The molecule has 122 valence electrons. The van der Waals surface area contributed by atoms with Crippen molar-refractivity contribution in [2.75, 3.05) is 18.4 Å².